The van der Waals surface area contributed by atoms with Crippen LogP contribution in [-0.4, -0.2) is 31.7 Å². The zero-order chi connectivity index (χ0) is 25.9. The zero-order valence-electron chi connectivity index (χ0n) is 20.0. The predicted molar refractivity (Wildman–Crippen MR) is 139 cm³/mol. The molecule has 0 radical (unpaired) electrons. The highest BCUT2D eigenvalue weighted by atomic mass is 32.2. The Morgan fingerprint density at radius 1 is 0.973 bits per heavy atom. The Bertz CT molecular complexity index is 1550. The quantitative estimate of drug-likeness (QED) is 0.386. The van der Waals surface area contributed by atoms with Crippen LogP contribution in [0, 0.1) is 11.8 Å². The molecule has 3 N–H and O–H groups in total. The molecule has 0 amide bonds. The molecule has 1 atom stereocenters. The van der Waals surface area contributed by atoms with E-state index in [-0.39, 0.29) is 4.90 Å². The summed E-state index contributed by atoms with van der Waals surface area (Å²) in [6, 6.07) is 23.6. The number of primary sulfonamides is 1. The van der Waals surface area contributed by atoms with Crippen molar-refractivity contribution in [3.8, 4) is 23.2 Å². The maximum Gasteiger partial charge on any atom is 0.238 e. The van der Waals surface area contributed by atoms with Gasteiger partial charge >= 0.3 is 0 Å². The van der Waals surface area contributed by atoms with Crippen LogP contribution in [0.2, 0.25) is 0 Å². The van der Waals surface area contributed by atoms with Crippen LogP contribution in [0.3, 0.4) is 0 Å². The van der Waals surface area contributed by atoms with Crippen molar-refractivity contribution >= 4 is 10.0 Å². The number of ether oxygens (including phenoxy) is 1. The van der Waals surface area contributed by atoms with E-state index in [0.717, 1.165) is 16.7 Å². The molecule has 1 aromatic heterocycles. The van der Waals surface area contributed by atoms with E-state index >= 15 is 0 Å². The van der Waals surface area contributed by atoms with Gasteiger partial charge in [0.15, 0.2) is 12.2 Å². The van der Waals surface area contributed by atoms with E-state index in [4.69, 9.17) is 14.3 Å². The number of nitrogens with two attached hydrogens (primary N) is 1. The number of benzene rings is 3. The van der Waals surface area contributed by atoms with Crippen molar-refractivity contribution in [2.45, 2.75) is 29.3 Å². The average Bonchev–Trinajstić information content (AvgIpc) is 3.39. The van der Waals surface area contributed by atoms with Gasteiger partial charge in [-0.25, -0.2) is 18.5 Å². The Hall–Kier alpha value is -3.74. The van der Waals surface area contributed by atoms with Gasteiger partial charge in [0.1, 0.15) is 5.69 Å². The molecule has 0 spiro atoms. The molecular formula is C29H26N2O5S. The van der Waals surface area contributed by atoms with Crippen LogP contribution in [0.25, 0.3) is 11.3 Å². The van der Waals surface area contributed by atoms with E-state index in [9.17, 15) is 13.5 Å². The average molecular weight is 515 g/mol. The first-order valence-electron chi connectivity index (χ1n) is 11.9. The Morgan fingerprint density at radius 2 is 1.70 bits per heavy atom. The summed E-state index contributed by atoms with van der Waals surface area (Å²) in [6.45, 7) is 1.05. The first-order chi connectivity index (χ1) is 17.8. The van der Waals surface area contributed by atoms with Crippen LogP contribution in [-0.2, 0) is 20.4 Å². The fourth-order valence-electron chi connectivity index (χ4n) is 4.47. The molecule has 1 saturated heterocycles. The number of aliphatic hydroxyl groups is 1. The third-order valence-corrected chi connectivity index (χ3v) is 7.46. The monoisotopic (exact) mass is 514 g/mol. The Morgan fingerprint density at radius 3 is 2.41 bits per heavy atom. The molecule has 1 fully saturated rings. The highest BCUT2D eigenvalue weighted by molar-refractivity contribution is 7.89. The van der Waals surface area contributed by atoms with Gasteiger partial charge in [-0.1, -0.05) is 54.3 Å². The van der Waals surface area contributed by atoms with Gasteiger partial charge in [-0.3, -0.25) is 0 Å². The van der Waals surface area contributed by atoms with Gasteiger partial charge in [0.25, 0.3) is 0 Å². The lowest BCUT2D eigenvalue weighted by atomic mass is 9.85. The normalized spacial score (nSPS) is 15.9. The molecule has 0 saturated carbocycles. The van der Waals surface area contributed by atoms with E-state index in [0.29, 0.717) is 43.1 Å². The van der Waals surface area contributed by atoms with Crippen molar-refractivity contribution in [3.63, 3.8) is 0 Å². The Labute approximate surface area is 216 Å². The molecule has 0 bridgehead atoms. The van der Waals surface area contributed by atoms with E-state index < -0.39 is 21.5 Å². The topological polar surface area (TPSA) is 116 Å². The number of sulfonamides is 1. The molecular weight excluding hydrogens is 488 g/mol. The molecule has 2 heterocycles. The number of hydrogen-bond donors (Lipinski definition) is 2. The molecule has 1 aliphatic rings. The molecule has 0 aliphatic carbocycles. The lowest BCUT2D eigenvalue weighted by Gasteiger charge is -2.32. The second-order valence-electron chi connectivity index (χ2n) is 8.97. The lowest BCUT2D eigenvalue weighted by Crippen LogP contribution is -2.33. The summed E-state index contributed by atoms with van der Waals surface area (Å²) in [7, 11) is -3.81. The minimum absolute atomic E-state index is 0.0165. The first-order valence-corrected chi connectivity index (χ1v) is 13.4. The lowest BCUT2D eigenvalue weighted by molar-refractivity contribution is -0.0679. The van der Waals surface area contributed by atoms with Crippen LogP contribution in [0.4, 0.5) is 0 Å². The number of aromatic nitrogens is 1. The summed E-state index contributed by atoms with van der Waals surface area (Å²) < 4.78 is 34.5. The van der Waals surface area contributed by atoms with Crippen molar-refractivity contribution in [3.05, 3.63) is 108 Å². The van der Waals surface area contributed by atoms with Gasteiger partial charge in [-0.05, 0) is 47.5 Å². The highest BCUT2D eigenvalue weighted by Crippen LogP contribution is 2.34. The van der Waals surface area contributed by atoms with Crippen LogP contribution < -0.4 is 5.14 Å². The molecule has 37 heavy (non-hydrogen) atoms. The van der Waals surface area contributed by atoms with Gasteiger partial charge < -0.3 is 14.3 Å². The maximum absolute atomic E-state index is 11.7. The third-order valence-electron chi connectivity index (χ3n) is 6.53. The molecule has 5 rings (SSSR count). The van der Waals surface area contributed by atoms with Crippen LogP contribution >= 0.6 is 0 Å². The van der Waals surface area contributed by atoms with E-state index in [2.05, 4.69) is 16.8 Å². The van der Waals surface area contributed by atoms with Crippen LogP contribution in [0.15, 0.2) is 94.6 Å². The number of nitrogens with zero attached hydrogens (tertiary/aromatic N) is 1. The van der Waals surface area contributed by atoms with Crippen molar-refractivity contribution in [1.82, 2.24) is 4.98 Å². The van der Waals surface area contributed by atoms with E-state index in [1.807, 2.05) is 54.6 Å². The van der Waals surface area contributed by atoms with E-state index in [1.54, 1.807) is 12.1 Å². The number of oxazole rings is 1. The van der Waals surface area contributed by atoms with Crippen molar-refractivity contribution in [1.29, 1.82) is 0 Å². The van der Waals surface area contributed by atoms with Crippen molar-refractivity contribution in [2.75, 3.05) is 13.2 Å². The molecule has 3 aromatic carbocycles. The Balaban J connectivity index is 1.53. The SMILES string of the molecule is NS(=O)(=O)c1ccc(-c2ocnc2C(C#Cc2cccc(C3(O)CCOCC3)c2)c2ccccc2)cc1. The highest BCUT2D eigenvalue weighted by Gasteiger charge is 2.31. The second-order valence-corrected chi connectivity index (χ2v) is 10.5. The summed E-state index contributed by atoms with van der Waals surface area (Å²) in [5, 5.41) is 16.3. The van der Waals surface area contributed by atoms with Gasteiger partial charge in [0.2, 0.25) is 10.0 Å². The molecule has 1 unspecified atom stereocenters. The maximum atomic E-state index is 11.7. The van der Waals surface area contributed by atoms with Crippen molar-refractivity contribution in [2.24, 2.45) is 5.14 Å². The van der Waals surface area contributed by atoms with E-state index in [1.165, 1.54) is 18.5 Å². The van der Waals surface area contributed by atoms with Gasteiger partial charge in [0, 0.05) is 37.2 Å². The number of hydrogen-bond acceptors (Lipinski definition) is 6. The first kappa shape index (κ1) is 24.9. The van der Waals surface area contributed by atoms with Gasteiger partial charge in [-0.2, -0.15) is 0 Å². The smallest absolute Gasteiger partial charge is 0.238 e. The Kier molecular flexibility index (Phi) is 6.96. The van der Waals surface area contributed by atoms with Gasteiger partial charge in [0.05, 0.1) is 16.4 Å². The zero-order valence-corrected chi connectivity index (χ0v) is 20.8. The molecule has 188 valence electrons. The fraction of sp³-hybridized carbons (Fsp3) is 0.207. The van der Waals surface area contributed by atoms with Crippen LogP contribution in [0.1, 0.15) is 41.1 Å². The molecule has 4 aromatic rings. The summed E-state index contributed by atoms with van der Waals surface area (Å²) >= 11 is 0. The minimum Gasteiger partial charge on any atom is -0.443 e. The number of rotatable bonds is 5. The standard InChI is InChI=1S/C29H26N2O5S/c30-37(33,34)25-12-10-23(11-13-25)28-27(31-20-36-28)26(22-6-2-1-3-7-22)14-9-21-5-4-8-24(19-21)29(32)15-17-35-18-16-29/h1-8,10-13,19-20,26,32H,15-18H2,(H2,30,33,34). The largest absolute Gasteiger partial charge is 0.443 e. The third kappa shape index (κ3) is 5.50. The summed E-state index contributed by atoms with van der Waals surface area (Å²) in [4.78, 5) is 4.51. The summed E-state index contributed by atoms with van der Waals surface area (Å²) in [6.07, 6.45) is 2.45. The minimum atomic E-state index is -3.81. The van der Waals surface area contributed by atoms with Crippen molar-refractivity contribution < 1.29 is 22.7 Å². The second kappa shape index (κ2) is 10.3. The van der Waals surface area contributed by atoms with Gasteiger partial charge in [-0.15, -0.1) is 0 Å². The molecule has 8 heteroatoms. The fourth-order valence-corrected chi connectivity index (χ4v) is 4.98. The molecule has 7 nitrogen and oxygen atoms in total. The predicted octanol–water partition coefficient (Wildman–Crippen LogP) is 4.17. The summed E-state index contributed by atoms with van der Waals surface area (Å²) in [5.74, 6) is 6.70. The van der Waals surface area contributed by atoms with Crippen LogP contribution in [0.5, 0.6) is 0 Å². The molecule has 1 aliphatic heterocycles. The summed E-state index contributed by atoms with van der Waals surface area (Å²) in [5.41, 5.74) is 2.90.